The molecule has 3 heteroatoms. The van der Waals surface area contributed by atoms with Gasteiger partial charge in [-0.2, -0.15) is 0 Å². The van der Waals surface area contributed by atoms with Crippen LogP contribution in [0.4, 0.5) is 0 Å². The molecule has 18 heavy (non-hydrogen) atoms. The zero-order valence-corrected chi connectivity index (χ0v) is 12.5. The highest BCUT2D eigenvalue weighted by atomic mass is 79.9. The second kappa shape index (κ2) is 6.18. The Morgan fingerprint density at radius 3 is 2.78 bits per heavy atom. The molecule has 0 saturated heterocycles. The third-order valence-corrected chi connectivity index (χ3v) is 4.48. The third kappa shape index (κ3) is 3.56. The molecule has 0 radical (unpaired) electrons. The van der Waals surface area contributed by atoms with Crippen LogP contribution >= 0.6 is 15.9 Å². The van der Waals surface area contributed by atoms with E-state index in [-0.39, 0.29) is 0 Å². The minimum absolute atomic E-state index is 0.315. The van der Waals surface area contributed by atoms with Gasteiger partial charge < -0.3 is 10.4 Å². The van der Waals surface area contributed by atoms with Crippen molar-refractivity contribution in [3.63, 3.8) is 0 Å². The molecule has 0 amide bonds. The van der Waals surface area contributed by atoms with Crippen molar-refractivity contribution >= 4 is 15.9 Å². The second-order valence-corrected chi connectivity index (χ2v) is 6.29. The molecule has 0 spiro atoms. The van der Waals surface area contributed by atoms with Crippen LogP contribution in [0.5, 0.6) is 0 Å². The number of rotatable bonds is 7. The van der Waals surface area contributed by atoms with Gasteiger partial charge in [0, 0.05) is 23.7 Å². The molecule has 1 saturated carbocycles. The predicted octanol–water partition coefficient (Wildman–Crippen LogP) is 3.65. The van der Waals surface area contributed by atoms with Gasteiger partial charge in [-0.15, -0.1) is 0 Å². The van der Waals surface area contributed by atoms with Crippen molar-refractivity contribution in [2.24, 2.45) is 5.41 Å². The highest BCUT2D eigenvalue weighted by Gasteiger charge is 2.41. The smallest absolute Gasteiger partial charge is 0.0436 e. The Morgan fingerprint density at radius 1 is 1.44 bits per heavy atom. The van der Waals surface area contributed by atoms with Crippen molar-refractivity contribution < 1.29 is 5.11 Å². The summed E-state index contributed by atoms with van der Waals surface area (Å²) in [4.78, 5) is 0. The summed E-state index contributed by atoms with van der Waals surface area (Å²) in [6.07, 6.45) is 4.55. The summed E-state index contributed by atoms with van der Waals surface area (Å²) >= 11 is 3.53. The highest BCUT2D eigenvalue weighted by molar-refractivity contribution is 9.10. The van der Waals surface area contributed by atoms with Crippen molar-refractivity contribution in [2.75, 3.05) is 13.2 Å². The van der Waals surface area contributed by atoms with Crippen LogP contribution in [0.15, 0.2) is 28.7 Å². The molecular weight excluding hydrogens is 290 g/mol. The second-order valence-electron chi connectivity index (χ2n) is 5.37. The molecule has 1 unspecified atom stereocenters. The zero-order valence-electron chi connectivity index (χ0n) is 11.0. The standard InChI is InChI=1S/C15H22BrNO/c1-2-14(12-4-3-5-13(16)10-12)17-11-15(6-7-15)8-9-18/h3-5,10,14,17-18H,2,6-9,11H2,1H3. The molecule has 1 aliphatic carbocycles. The lowest BCUT2D eigenvalue weighted by atomic mass is 10.00. The minimum atomic E-state index is 0.315. The summed E-state index contributed by atoms with van der Waals surface area (Å²) in [6, 6.07) is 8.93. The van der Waals surface area contributed by atoms with Crippen LogP contribution in [0.25, 0.3) is 0 Å². The summed E-state index contributed by atoms with van der Waals surface area (Å²) in [7, 11) is 0. The van der Waals surface area contributed by atoms with Crippen molar-refractivity contribution in [3.05, 3.63) is 34.3 Å². The summed E-state index contributed by atoms with van der Waals surface area (Å²) in [6.45, 7) is 3.55. The van der Waals surface area contributed by atoms with Crippen molar-refractivity contribution in [3.8, 4) is 0 Å². The normalized spacial score (nSPS) is 18.6. The highest BCUT2D eigenvalue weighted by Crippen LogP contribution is 2.48. The predicted molar refractivity (Wildman–Crippen MR) is 78.5 cm³/mol. The fraction of sp³-hybridized carbons (Fsp3) is 0.600. The van der Waals surface area contributed by atoms with Crippen LogP contribution in [0.2, 0.25) is 0 Å². The van der Waals surface area contributed by atoms with Gasteiger partial charge in [0.2, 0.25) is 0 Å². The monoisotopic (exact) mass is 311 g/mol. The van der Waals surface area contributed by atoms with Crippen LogP contribution in [0, 0.1) is 5.41 Å². The Kier molecular flexibility index (Phi) is 4.82. The first-order valence-electron chi connectivity index (χ1n) is 6.79. The Labute approximate surface area is 118 Å². The molecule has 0 aromatic heterocycles. The third-order valence-electron chi connectivity index (χ3n) is 3.98. The van der Waals surface area contributed by atoms with E-state index in [0.717, 1.165) is 23.9 Å². The maximum absolute atomic E-state index is 9.08. The molecule has 2 nitrogen and oxygen atoms in total. The first-order chi connectivity index (χ1) is 8.69. The van der Waals surface area contributed by atoms with Crippen molar-refractivity contribution in [1.29, 1.82) is 0 Å². The van der Waals surface area contributed by atoms with E-state index in [1.165, 1.54) is 18.4 Å². The van der Waals surface area contributed by atoms with Crippen molar-refractivity contribution in [2.45, 2.75) is 38.6 Å². The summed E-state index contributed by atoms with van der Waals surface area (Å²) < 4.78 is 1.14. The van der Waals surface area contributed by atoms with E-state index in [9.17, 15) is 0 Å². The van der Waals surface area contributed by atoms with E-state index in [1.807, 2.05) is 0 Å². The SMILES string of the molecule is CCC(NCC1(CCO)CC1)c1cccc(Br)c1. The van der Waals surface area contributed by atoms with Gasteiger partial charge in [-0.05, 0) is 48.8 Å². The average molecular weight is 312 g/mol. The van der Waals surface area contributed by atoms with E-state index < -0.39 is 0 Å². The lowest BCUT2D eigenvalue weighted by Crippen LogP contribution is -2.28. The molecule has 1 fully saturated rings. The quantitative estimate of drug-likeness (QED) is 0.805. The average Bonchev–Trinajstić information content (AvgIpc) is 3.11. The van der Waals surface area contributed by atoms with Gasteiger partial charge in [0.1, 0.15) is 0 Å². The molecule has 2 rings (SSSR count). The number of aliphatic hydroxyl groups excluding tert-OH is 1. The molecule has 1 aliphatic rings. The lowest BCUT2D eigenvalue weighted by Gasteiger charge is -2.22. The molecular formula is C15H22BrNO. The Bertz CT molecular complexity index is 390. The van der Waals surface area contributed by atoms with E-state index >= 15 is 0 Å². The molecule has 1 aromatic rings. The van der Waals surface area contributed by atoms with E-state index in [2.05, 4.69) is 52.4 Å². The molecule has 2 N–H and O–H groups in total. The molecule has 0 heterocycles. The molecule has 100 valence electrons. The Hall–Kier alpha value is -0.380. The summed E-state index contributed by atoms with van der Waals surface area (Å²) in [5, 5.41) is 12.8. The molecule has 1 atom stereocenters. The maximum atomic E-state index is 9.08. The maximum Gasteiger partial charge on any atom is 0.0436 e. The van der Waals surface area contributed by atoms with Crippen LogP contribution in [0.1, 0.15) is 44.2 Å². The lowest BCUT2D eigenvalue weighted by molar-refractivity contribution is 0.242. The van der Waals surface area contributed by atoms with Gasteiger partial charge in [-0.3, -0.25) is 0 Å². The van der Waals surface area contributed by atoms with Gasteiger partial charge in [0.05, 0.1) is 0 Å². The Balaban J connectivity index is 1.93. The Morgan fingerprint density at radius 2 is 2.22 bits per heavy atom. The molecule has 1 aromatic carbocycles. The number of benzene rings is 1. The largest absolute Gasteiger partial charge is 0.396 e. The fourth-order valence-electron chi connectivity index (χ4n) is 2.49. The first kappa shape index (κ1) is 14.0. The van der Waals surface area contributed by atoms with E-state index in [0.29, 0.717) is 18.1 Å². The van der Waals surface area contributed by atoms with Gasteiger partial charge >= 0.3 is 0 Å². The molecule has 0 bridgehead atoms. The zero-order chi connectivity index (χ0) is 13.0. The minimum Gasteiger partial charge on any atom is -0.396 e. The van der Waals surface area contributed by atoms with E-state index in [1.54, 1.807) is 0 Å². The van der Waals surface area contributed by atoms with Gasteiger partial charge in [0.15, 0.2) is 0 Å². The van der Waals surface area contributed by atoms with Gasteiger partial charge in [-0.25, -0.2) is 0 Å². The van der Waals surface area contributed by atoms with Crippen LogP contribution < -0.4 is 5.32 Å². The number of hydrogen-bond donors (Lipinski definition) is 2. The van der Waals surface area contributed by atoms with Crippen LogP contribution in [-0.2, 0) is 0 Å². The van der Waals surface area contributed by atoms with Gasteiger partial charge in [0.25, 0.3) is 0 Å². The van der Waals surface area contributed by atoms with Gasteiger partial charge in [-0.1, -0.05) is 35.0 Å². The number of halogens is 1. The number of hydrogen-bond acceptors (Lipinski definition) is 2. The summed E-state index contributed by atoms with van der Waals surface area (Å²) in [5.41, 5.74) is 1.72. The number of nitrogens with one attached hydrogen (secondary N) is 1. The first-order valence-corrected chi connectivity index (χ1v) is 7.58. The number of aliphatic hydroxyl groups is 1. The van der Waals surface area contributed by atoms with Crippen LogP contribution in [0.3, 0.4) is 0 Å². The van der Waals surface area contributed by atoms with Crippen LogP contribution in [-0.4, -0.2) is 18.3 Å². The fourth-order valence-corrected chi connectivity index (χ4v) is 2.91. The summed E-state index contributed by atoms with van der Waals surface area (Å²) in [5.74, 6) is 0. The van der Waals surface area contributed by atoms with Crippen molar-refractivity contribution in [1.82, 2.24) is 5.32 Å². The topological polar surface area (TPSA) is 32.3 Å². The van der Waals surface area contributed by atoms with E-state index in [4.69, 9.17) is 5.11 Å². The molecule has 0 aliphatic heterocycles.